The van der Waals surface area contributed by atoms with Gasteiger partial charge in [-0.3, -0.25) is 0 Å². The molecule has 0 bridgehead atoms. The van der Waals surface area contributed by atoms with Crippen LogP contribution in [0.15, 0.2) is 158 Å². The van der Waals surface area contributed by atoms with Gasteiger partial charge >= 0.3 is 0 Å². The molecule has 0 aliphatic heterocycles. The Bertz CT molecular complexity index is 1880. The Morgan fingerprint density at radius 1 is 0.400 bits per heavy atom. The quantitative estimate of drug-likeness (QED) is 0.0781. The number of para-hydroxylation sites is 2. The maximum atomic E-state index is 6.90. The molecule has 5 nitrogen and oxygen atoms in total. The molecule has 0 saturated carbocycles. The van der Waals surface area contributed by atoms with Crippen LogP contribution < -0.4 is 18.9 Å². The van der Waals surface area contributed by atoms with E-state index in [1.54, 1.807) is 0 Å². The van der Waals surface area contributed by atoms with Crippen LogP contribution in [-0.4, -0.2) is 26.4 Å². The molecule has 0 aromatic heterocycles. The Kier molecular flexibility index (Phi) is 13.7. The average Bonchev–Trinajstić information content (AvgIpc) is 3.21. The van der Waals surface area contributed by atoms with Gasteiger partial charge in [-0.25, -0.2) is 0 Å². The molecule has 284 valence electrons. The van der Waals surface area contributed by atoms with Gasteiger partial charge < -0.3 is 23.7 Å². The van der Waals surface area contributed by atoms with Crippen LogP contribution in [0.1, 0.15) is 62.8 Å². The summed E-state index contributed by atoms with van der Waals surface area (Å²) in [4.78, 5) is 0. The normalized spacial score (nSPS) is 13.3. The molecular formula is C50H54O5. The van der Waals surface area contributed by atoms with Crippen molar-refractivity contribution in [3.63, 3.8) is 0 Å². The van der Waals surface area contributed by atoms with Crippen LogP contribution in [0.3, 0.4) is 0 Å². The number of hydrogen-bond acceptors (Lipinski definition) is 5. The number of rotatable bonds is 20. The number of hydrogen-bond donors (Lipinski definition) is 0. The third kappa shape index (κ3) is 11.3. The van der Waals surface area contributed by atoms with Gasteiger partial charge in [-0.15, -0.1) is 0 Å². The van der Waals surface area contributed by atoms with E-state index in [1.165, 1.54) is 22.3 Å². The molecule has 0 amide bonds. The molecule has 0 aliphatic rings. The summed E-state index contributed by atoms with van der Waals surface area (Å²) in [5.41, 5.74) is 4.39. The van der Waals surface area contributed by atoms with E-state index in [1.807, 2.05) is 86.6 Å². The van der Waals surface area contributed by atoms with E-state index in [-0.39, 0.29) is 10.8 Å². The van der Waals surface area contributed by atoms with Crippen molar-refractivity contribution in [2.24, 2.45) is 0 Å². The summed E-state index contributed by atoms with van der Waals surface area (Å²) in [6, 6.07) is 53.8. The minimum Gasteiger partial charge on any atom is -0.494 e. The smallest absolute Gasteiger partial charge is 0.127 e. The number of ether oxygens (including phenoxy) is 5. The largest absolute Gasteiger partial charge is 0.494 e. The van der Waals surface area contributed by atoms with Crippen molar-refractivity contribution in [2.45, 2.75) is 64.2 Å². The highest BCUT2D eigenvalue weighted by atomic mass is 16.5. The van der Waals surface area contributed by atoms with Crippen LogP contribution in [0.25, 0.3) is 0 Å². The zero-order valence-corrected chi connectivity index (χ0v) is 32.7. The lowest BCUT2D eigenvalue weighted by molar-refractivity contribution is 0.0484. The molecule has 5 heteroatoms. The van der Waals surface area contributed by atoms with Crippen LogP contribution in [-0.2, 0) is 28.4 Å². The van der Waals surface area contributed by atoms with E-state index < -0.39 is 0 Å². The van der Waals surface area contributed by atoms with Crippen molar-refractivity contribution >= 4 is 0 Å². The first-order valence-electron chi connectivity index (χ1n) is 19.5. The standard InChI is InChI=1S/C50H54O5/c1-5-52-43-27-23-41(24-28-43)49(3,33-31-39-15-13-21-47(35-39)54-45-17-9-7-10-18-45)37-51-38-50(4,42-25-29-44(30-26-42)53-6-2)34-32-40-16-14-22-48(36-40)55-46-19-11-8-12-20-46/h7-30,35-36H,5-6,31-34,37-38H2,1-4H3. The fraction of sp³-hybridized carbons (Fsp3) is 0.280. The maximum absolute atomic E-state index is 6.90. The van der Waals surface area contributed by atoms with Crippen LogP contribution in [0.4, 0.5) is 0 Å². The minimum absolute atomic E-state index is 0.260. The van der Waals surface area contributed by atoms with E-state index in [2.05, 4.69) is 98.8 Å². The third-order valence-electron chi connectivity index (χ3n) is 10.3. The second-order valence-electron chi connectivity index (χ2n) is 14.7. The van der Waals surface area contributed by atoms with Crippen LogP contribution in [0.2, 0.25) is 0 Å². The van der Waals surface area contributed by atoms with Gasteiger partial charge in [-0.2, -0.15) is 0 Å². The molecule has 55 heavy (non-hydrogen) atoms. The van der Waals surface area contributed by atoms with Gasteiger partial charge in [0, 0.05) is 10.8 Å². The Morgan fingerprint density at radius 3 is 1.16 bits per heavy atom. The predicted octanol–water partition coefficient (Wildman–Crippen LogP) is 12.6. The summed E-state index contributed by atoms with van der Waals surface area (Å²) < 4.78 is 30.8. The molecule has 6 aromatic rings. The van der Waals surface area contributed by atoms with Crippen molar-refractivity contribution in [1.29, 1.82) is 0 Å². The second-order valence-corrected chi connectivity index (χ2v) is 14.7. The second kappa shape index (κ2) is 19.2. The Hall–Kier alpha value is -5.52. The zero-order chi connectivity index (χ0) is 38.4. The summed E-state index contributed by atoms with van der Waals surface area (Å²) in [5, 5.41) is 0. The molecular weight excluding hydrogens is 681 g/mol. The molecule has 0 radical (unpaired) electrons. The zero-order valence-electron chi connectivity index (χ0n) is 32.7. The predicted molar refractivity (Wildman–Crippen MR) is 223 cm³/mol. The van der Waals surface area contributed by atoms with Crippen molar-refractivity contribution in [3.8, 4) is 34.5 Å². The maximum Gasteiger partial charge on any atom is 0.127 e. The Balaban J connectivity index is 1.20. The van der Waals surface area contributed by atoms with Crippen LogP contribution >= 0.6 is 0 Å². The van der Waals surface area contributed by atoms with Gasteiger partial charge in [0.1, 0.15) is 34.5 Å². The first-order valence-corrected chi connectivity index (χ1v) is 19.5. The molecule has 0 spiro atoms. The van der Waals surface area contributed by atoms with Gasteiger partial charge in [-0.05, 0) is 135 Å². The van der Waals surface area contributed by atoms with Crippen molar-refractivity contribution in [1.82, 2.24) is 0 Å². The summed E-state index contributed by atoms with van der Waals surface area (Å²) >= 11 is 0. The molecule has 6 aromatic carbocycles. The first kappa shape index (κ1) is 39.2. The fourth-order valence-corrected chi connectivity index (χ4v) is 6.96. The highest BCUT2D eigenvalue weighted by Crippen LogP contribution is 2.36. The SMILES string of the molecule is CCOc1ccc(C(C)(CCc2cccc(Oc3ccccc3)c2)COCC(C)(CCc2cccc(Oc3ccccc3)c2)c2ccc(OCC)cc2)cc1. The number of aryl methyl sites for hydroxylation is 2. The van der Waals surface area contributed by atoms with Gasteiger partial charge in [0.05, 0.1) is 26.4 Å². The Labute approximate surface area is 327 Å². The number of benzene rings is 6. The Morgan fingerprint density at radius 2 is 0.782 bits per heavy atom. The molecule has 0 fully saturated rings. The average molecular weight is 735 g/mol. The third-order valence-corrected chi connectivity index (χ3v) is 10.3. The van der Waals surface area contributed by atoms with Gasteiger partial charge in [0.15, 0.2) is 0 Å². The van der Waals surface area contributed by atoms with Gasteiger partial charge in [0.2, 0.25) is 0 Å². The highest BCUT2D eigenvalue weighted by Gasteiger charge is 2.31. The summed E-state index contributed by atoms with van der Waals surface area (Å²) in [6.07, 6.45) is 3.53. The van der Waals surface area contributed by atoms with Crippen LogP contribution in [0.5, 0.6) is 34.5 Å². The molecule has 2 unspecified atom stereocenters. The van der Waals surface area contributed by atoms with E-state index in [0.29, 0.717) is 26.4 Å². The lowest BCUT2D eigenvalue weighted by Crippen LogP contribution is -2.34. The monoisotopic (exact) mass is 734 g/mol. The molecule has 0 aliphatic carbocycles. The lowest BCUT2D eigenvalue weighted by atomic mass is 9.77. The fourth-order valence-electron chi connectivity index (χ4n) is 6.96. The van der Waals surface area contributed by atoms with Crippen molar-refractivity contribution < 1.29 is 23.7 Å². The lowest BCUT2D eigenvalue weighted by Gasteiger charge is -2.35. The summed E-state index contributed by atoms with van der Waals surface area (Å²) in [5.74, 6) is 5.09. The van der Waals surface area contributed by atoms with E-state index in [4.69, 9.17) is 23.7 Å². The van der Waals surface area contributed by atoms with Gasteiger partial charge in [-0.1, -0.05) is 98.8 Å². The first-order chi connectivity index (χ1) is 26.8. The van der Waals surface area contributed by atoms with Crippen LogP contribution in [0, 0.1) is 0 Å². The van der Waals surface area contributed by atoms with E-state index >= 15 is 0 Å². The molecule has 0 saturated heterocycles. The molecule has 2 atom stereocenters. The van der Waals surface area contributed by atoms with E-state index in [0.717, 1.165) is 60.2 Å². The molecule has 6 rings (SSSR count). The molecule has 0 N–H and O–H groups in total. The van der Waals surface area contributed by atoms with E-state index in [9.17, 15) is 0 Å². The van der Waals surface area contributed by atoms with Crippen molar-refractivity contribution in [2.75, 3.05) is 26.4 Å². The molecule has 0 heterocycles. The minimum atomic E-state index is -0.260. The summed E-state index contributed by atoms with van der Waals surface area (Å²) in [6.45, 7) is 11.1. The summed E-state index contributed by atoms with van der Waals surface area (Å²) in [7, 11) is 0. The highest BCUT2D eigenvalue weighted by molar-refractivity contribution is 5.38. The van der Waals surface area contributed by atoms with Crippen molar-refractivity contribution in [3.05, 3.63) is 180 Å². The van der Waals surface area contributed by atoms with Gasteiger partial charge in [0.25, 0.3) is 0 Å². The topological polar surface area (TPSA) is 46.2 Å².